The van der Waals surface area contributed by atoms with Crippen LogP contribution >= 0.6 is 0 Å². The molecule has 0 aliphatic rings. The van der Waals surface area contributed by atoms with Crippen LogP contribution in [0.15, 0.2) is 30.5 Å². The van der Waals surface area contributed by atoms with Gasteiger partial charge in [-0.15, -0.1) is 0 Å². The molecule has 0 aliphatic heterocycles. The van der Waals surface area contributed by atoms with Gasteiger partial charge in [-0.3, -0.25) is 0 Å². The molecule has 1 aromatic carbocycles. The number of ether oxygens (including phenoxy) is 1. The van der Waals surface area contributed by atoms with E-state index in [0.717, 1.165) is 17.3 Å². The zero-order chi connectivity index (χ0) is 11.5. The Balaban J connectivity index is 2.02. The van der Waals surface area contributed by atoms with Crippen LogP contribution in [0.2, 0.25) is 0 Å². The van der Waals surface area contributed by atoms with Crippen LogP contribution in [0, 0.1) is 13.8 Å². The lowest BCUT2D eigenvalue weighted by atomic mass is 10.2. The van der Waals surface area contributed by atoms with Gasteiger partial charge in [0.15, 0.2) is 0 Å². The maximum absolute atomic E-state index is 5.66. The van der Waals surface area contributed by atoms with E-state index in [-0.39, 0.29) is 0 Å². The summed E-state index contributed by atoms with van der Waals surface area (Å²) in [6.45, 7) is 4.60. The fourth-order valence-corrected chi connectivity index (χ4v) is 1.46. The van der Waals surface area contributed by atoms with E-state index in [4.69, 9.17) is 4.74 Å². The summed E-state index contributed by atoms with van der Waals surface area (Å²) in [5, 5.41) is 0. The summed E-state index contributed by atoms with van der Waals surface area (Å²) in [5.41, 5.74) is 2.38. The Morgan fingerprint density at radius 1 is 1.19 bits per heavy atom. The van der Waals surface area contributed by atoms with E-state index in [2.05, 4.69) is 11.9 Å². The van der Waals surface area contributed by atoms with Gasteiger partial charge >= 0.3 is 0 Å². The molecule has 0 bridgehead atoms. The summed E-state index contributed by atoms with van der Waals surface area (Å²) in [7, 11) is 2.00. The molecule has 0 spiro atoms. The Labute approximate surface area is 95.7 Å². The van der Waals surface area contributed by atoms with E-state index in [1.165, 1.54) is 5.56 Å². The largest absolute Gasteiger partial charge is 0.486 e. The molecule has 1 heterocycles. The van der Waals surface area contributed by atoms with Crippen molar-refractivity contribution in [1.29, 1.82) is 0 Å². The highest BCUT2D eigenvalue weighted by Gasteiger charge is 2.03. The molecule has 2 aromatic rings. The number of rotatable bonds is 3. The number of imidazole rings is 1. The maximum Gasteiger partial charge on any atom is 0.146 e. The lowest BCUT2D eigenvalue weighted by molar-refractivity contribution is 0.291. The Morgan fingerprint density at radius 3 is 2.44 bits per heavy atom. The van der Waals surface area contributed by atoms with Crippen LogP contribution in [0.4, 0.5) is 0 Å². The van der Waals surface area contributed by atoms with Crippen LogP contribution in [0.3, 0.4) is 0 Å². The molecule has 84 valence electrons. The predicted molar refractivity (Wildman–Crippen MR) is 63.5 cm³/mol. The Kier molecular flexibility index (Phi) is 2.95. The van der Waals surface area contributed by atoms with Crippen molar-refractivity contribution >= 4 is 0 Å². The highest BCUT2D eigenvalue weighted by atomic mass is 16.5. The first kappa shape index (κ1) is 10.7. The standard InChI is InChI=1S/C13H16N2O/c1-10-4-6-12(7-5-10)16-9-13-14-8-11(2)15(13)3/h4-8H,9H2,1-3H3. The van der Waals surface area contributed by atoms with Gasteiger partial charge in [-0.1, -0.05) is 17.7 Å². The predicted octanol–water partition coefficient (Wildman–Crippen LogP) is 2.62. The van der Waals surface area contributed by atoms with E-state index in [1.807, 2.05) is 49.0 Å². The van der Waals surface area contributed by atoms with Gasteiger partial charge in [-0.25, -0.2) is 4.98 Å². The fraction of sp³-hybridized carbons (Fsp3) is 0.308. The summed E-state index contributed by atoms with van der Waals surface area (Å²) >= 11 is 0. The minimum atomic E-state index is 0.507. The van der Waals surface area contributed by atoms with Crippen LogP contribution in [-0.2, 0) is 13.7 Å². The third-order valence-corrected chi connectivity index (χ3v) is 2.71. The van der Waals surface area contributed by atoms with Gasteiger partial charge in [-0.2, -0.15) is 0 Å². The molecule has 0 atom stereocenters. The summed E-state index contributed by atoms with van der Waals surface area (Å²) in [6, 6.07) is 8.04. The van der Waals surface area contributed by atoms with Crippen molar-refractivity contribution < 1.29 is 4.74 Å². The molecule has 0 unspecified atom stereocenters. The molecule has 3 heteroatoms. The first-order chi connectivity index (χ1) is 7.66. The van der Waals surface area contributed by atoms with Crippen LogP contribution in [-0.4, -0.2) is 9.55 Å². The van der Waals surface area contributed by atoms with Crippen molar-refractivity contribution in [3.63, 3.8) is 0 Å². The summed E-state index contributed by atoms with van der Waals surface area (Å²) in [6.07, 6.45) is 1.85. The summed E-state index contributed by atoms with van der Waals surface area (Å²) in [5.74, 6) is 1.82. The monoisotopic (exact) mass is 216 g/mol. The van der Waals surface area contributed by atoms with E-state index >= 15 is 0 Å². The minimum Gasteiger partial charge on any atom is -0.486 e. The average molecular weight is 216 g/mol. The van der Waals surface area contributed by atoms with Gasteiger partial charge < -0.3 is 9.30 Å². The quantitative estimate of drug-likeness (QED) is 0.788. The number of benzene rings is 1. The third-order valence-electron chi connectivity index (χ3n) is 2.71. The second-order valence-electron chi connectivity index (χ2n) is 3.98. The summed E-state index contributed by atoms with van der Waals surface area (Å²) in [4.78, 5) is 4.29. The lowest BCUT2D eigenvalue weighted by Gasteiger charge is -2.06. The number of aromatic nitrogens is 2. The van der Waals surface area contributed by atoms with Crippen LogP contribution in [0.25, 0.3) is 0 Å². The van der Waals surface area contributed by atoms with Crippen LogP contribution in [0.5, 0.6) is 5.75 Å². The van der Waals surface area contributed by atoms with E-state index in [0.29, 0.717) is 6.61 Å². The molecule has 0 saturated carbocycles. The number of aryl methyl sites for hydroxylation is 2. The van der Waals surface area contributed by atoms with Gasteiger partial charge in [0.2, 0.25) is 0 Å². The fourth-order valence-electron chi connectivity index (χ4n) is 1.46. The second kappa shape index (κ2) is 4.39. The Bertz CT molecular complexity index is 471. The van der Waals surface area contributed by atoms with Gasteiger partial charge in [-0.05, 0) is 26.0 Å². The number of nitrogens with zero attached hydrogens (tertiary/aromatic N) is 2. The van der Waals surface area contributed by atoms with Crippen molar-refractivity contribution in [2.45, 2.75) is 20.5 Å². The first-order valence-electron chi connectivity index (χ1n) is 5.33. The molecule has 0 N–H and O–H groups in total. The SMILES string of the molecule is Cc1ccc(OCc2ncc(C)n2C)cc1. The molecule has 0 saturated heterocycles. The van der Waals surface area contributed by atoms with Gasteiger partial charge in [0.25, 0.3) is 0 Å². The van der Waals surface area contributed by atoms with Crippen molar-refractivity contribution in [2.24, 2.45) is 7.05 Å². The third kappa shape index (κ3) is 2.24. The molecule has 3 nitrogen and oxygen atoms in total. The highest BCUT2D eigenvalue weighted by molar-refractivity contribution is 5.26. The maximum atomic E-state index is 5.66. The average Bonchev–Trinajstić information content (AvgIpc) is 2.60. The normalized spacial score (nSPS) is 10.4. The Hall–Kier alpha value is -1.77. The van der Waals surface area contributed by atoms with Gasteiger partial charge in [0.1, 0.15) is 18.2 Å². The smallest absolute Gasteiger partial charge is 0.146 e. The molecule has 0 fully saturated rings. The van der Waals surface area contributed by atoms with Crippen molar-refractivity contribution in [1.82, 2.24) is 9.55 Å². The molecule has 16 heavy (non-hydrogen) atoms. The van der Waals surface area contributed by atoms with Crippen molar-refractivity contribution in [3.05, 3.63) is 47.5 Å². The summed E-state index contributed by atoms with van der Waals surface area (Å²) < 4.78 is 7.69. The van der Waals surface area contributed by atoms with Gasteiger partial charge in [0, 0.05) is 18.9 Å². The van der Waals surface area contributed by atoms with Gasteiger partial charge in [0.05, 0.1) is 0 Å². The molecule has 0 amide bonds. The van der Waals surface area contributed by atoms with Crippen LogP contribution in [0.1, 0.15) is 17.1 Å². The molecule has 2 rings (SSSR count). The molecule has 0 radical (unpaired) electrons. The zero-order valence-electron chi connectivity index (χ0n) is 9.90. The van der Waals surface area contributed by atoms with Crippen molar-refractivity contribution in [2.75, 3.05) is 0 Å². The molecule has 1 aromatic heterocycles. The minimum absolute atomic E-state index is 0.507. The first-order valence-corrected chi connectivity index (χ1v) is 5.33. The second-order valence-corrected chi connectivity index (χ2v) is 3.98. The molecular formula is C13H16N2O. The van der Waals surface area contributed by atoms with Crippen molar-refractivity contribution in [3.8, 4) is 5.75 Å². The molecule has 0 aliphatic carbocycles. The van der Waals surface area contributed by atoms with E-state index in [9.17, 15) is 0 Å². The zero-order valence-corrected chi connectivity index (χ0v) is 9.90. The number of hydrogen-bond acceptors (Lipinski definition) is 2. The van der Waals surface area contributed by atoms with E-state index < -0.39 is 0 Å². The lowest BCUT2D eigenvalue weighted by Crippen LogP contribution is -2.04. The van der Waals surface area contributed by atoms with Crippen LogP contribution < -0.4 is 4.74 Å². The topological polar surface area (TPSA) is 27.1 Å². The number of hydrogen-bond donors (Lipinski definition) is 0. The highest BCUT2D eigenvalue weighted by Crippen LogP contribution is 2.13. The van der Waals surface area contributed by atoms with E-state index in [1.54, 1.807) is 0 Å². The Morgan fingerprint density at radius 2 is 1.88 bits per heavy atom. The molecular weight excluding hydrogens is 200 g/mol.